The number of anilines is 1. The number of hydrogen-bond acceptors (Lipinski definition) is 3. The number of carbonyl (C=O) groups excluding carboxylic acids is 2. The standard InChI is InChI=1S/C20H23N3O2.ClH/c1-13-8-9-14(18(24)22-16-10-11-16)12-17(13)23-19(25)20(2,21)15-6-4-3-5-7-15;/h3-9,12,16H,10-11,21H2,1-2H3,(H,22,24)(H,23,25);1H. The van der Waals surface area contributed by atoms with Crippen molar-refractivity contribution in [2.45, 2.75) is 38.3 Å². The number of aryl methyl sites for hydroxylation is 1. The second-order valence-electron chi connectivity index (χ2n) is 6.80. The average Bonchev–Trinajstić information content (AvgIpc) is 3.41. The van der Waals surface area contributed by atoms with Gasteiger partial charge in [0.05, 0.1) is 0 Å². The summed E-state index contributed by atoms with van der Waals surface area (Å²) in [5, 5.41) is 5.82. The maximum atomic E-state index is 12.7. The first-order valence-electron chi connectivity index (χ1n) is 8.45. The maximum Gasteiger partial charge on any atom is 0.251 e. The zero-order valence-corrected chi connectivity index (χ0v) is 15.7. The summed E-state index contributed by atoms with van der Waals surface area (Å²) in [5.41, 5.74) is 7.83. The van der Waals surface area contributed by atoms with E-state index in [9.17, 15) is 9.59 Å². The van der Waals surface area contributed by atoms with Crippen molar-refractivity contribution in [2.24, 2.45) is 5.73 Å². The van der Waals surface area contributed by atoms with E-state index in [4.69, 9.17) is 5.73 Å². The van der Waals surface area contributed by atoms with E-state index in [-0.39, 0.29) is 30.3 Å². The van der Waals surface area contributed by atoms with Crippen LogP contribution >= 0.6 is 12.4 Å². The average molecular weight is 374 g/mol. The topological polar surface area (TPSA) is 84.2 Å². The molecule has 3 rings (SSSR count). The lowest BCUT2D eigenvalue weighted by atomic mass is 9.92. The number of hydrogen-bond donors (Lipinski definition) is 3. The summed E-state index contributed by atoms with van der Waals surface area (Å²) in [4.78, 5) is 24.9. The molecule has 5 nitrogen and oxygen atoms in total. The lowest BCUT2D eigenvalue weighted by Crippen LogP contribution is -2.45. The molecule has 0 aromatic heterocycles. The summed E-state index contributed by atoms with van der Waals surface area (Å²) in [6, 6.07) is 14.8. The van der Waals surface area contributed by atoms with Gasteiger partial charge in [-0.05, 0) is 49.9 Å². The Kier molecular flexibility index (Phi) is 6.05. The fourth-order valence-electron chi connectivity index (χ4n) is 2.56. The third-order valence-corrected chi connectivity index (χ3v) is 4.51. The van der Waals surface area contributed by atoms with Gasteiger partial charge in [-0.3, -0.25) is 9.59 Å². The molecule has 0 spiro atoms. The lowest BCUT2D eigenvalue weighted by molar-refractivity contribution is -0.120. The van der Waals surface area contributed by atoms with Crippen molar-refractivity contribution in [3.8, 4) is 0 Å². The van der Waals surface area contributed by atoms with Crippen LogP contribution in [0.25, 0.3) is 0 Å². The first-order valence-corrected chi connectivity index (χ1v) is 8.45. The van der Waals surface area contributed by atoms with Gasteiger partial charge < -0.3 is 16.4 Å². The SMILES string of the molecule is Cc1ccc(C(=O)NC2CC2)cc1NC(=O)C(C)(N)c1ccccc1.Cl. The molecule has 0 saturated heterocycles. The van der Waals surface area contributed by atoms with E-state index in [1.807, 2.05) is 43.3 Å². The Balaban J connectivity index is 0.00000243. The molecule has 2 aromatic carbocycles. The Bertz CT molecular complexity index is 802. The molecule has 26 heavy (non-hydrogen) atoms. The van der Waals surface area contributed by atoms with Crippen LogP contribution in [0.3, 0.4) is 0 Å². The first-order chi connectivity index (χ1) is 11.9. The molecule has 2 aromatic rings. The molecule has 1 fully saturated rings. The van der Waals surface area contributed by atoms with Gasteiger partial charge in [0, 0.05) is 17.3 Å². The highest BCUT2D eigenvalue weighted by Crippen LogP contribution is 2.24. The number of benzene rings is 2. The molecular formula is C20H24ClN3O2. The van der Waals surface area contributed by atoms with Crippen LogP contribution in [0, 0.1) is 6.92 Å². The van der Waals surface area contributed by atoms with Gasteiger partial charge in [-0.25, -0.2) is 0 Å². The van der Waals surface area contributed by atoms with Gasteiger partial charge in [0.1, 0.15) is 5.54 Å². The number of amides is 2. The van der Waals surface area contributed by atoms with E-state index in [1.54, 1.807) is 19.1 Å². The van der Waals surface area contributed by atoms with E-state index < -0.39 is 5.54 Å². The molecule has 0 bridgehead atoms. The fraction of sp³-hybridized carbons (Fsp3) is 0.300. The normalized spacial score (nSPS) is 15.3. The number of nitrogens with two attached hydrogens (primary N) is 1. The minimum atomic E-state index is -1.17. The van der Waals surface area contributed by atoms with Gasteiger partial charge in [0.15, 0.2) is 0 Å². The second kappa shape index (κ2) is 7.89. The quantitative estimate of drug-likeness (QED) is 0.752. The van der Waals surface area contributed by atoms with Gasteiger partial charge in [-0.15, -0.1) is 12.4 Å². The molecule has 4 N–H and O–H groups in total. The number of rotatable bonds is 5. The van der Waals surface area contributed by atoms with E-state index in [0.29, 0.717) is 11.3 Å². The monoisotopic (exact) mass is 373 g/mol. The van der Waals surface area contributed by atoms with Crippen LogP contribution < -0.4 is 16.4 Å². The van der Waals surface area contributed by atoms with Crippen LogP contribution in [0.4, 0.5) is 5.69 Å². The molecule has 1 saturated carbocycles. The second-order valence-corrected chi connectivity index (χ2v) is 6.80. The first kappa shape index (κ1) is 19.9. The molecule has 1 unspecified atom stereocenters. The molecule has 2 amide bonds. The van der Waals surface area contributed by atoms with Crippen LogP contribution in [0.1, 0.15) is 41.3 Å². The third kappa shape index (κ3) is 4.42. The molecule has 0 radical (unpaired) electrons. The predicted octanol–water partition coefficient (Wildman–Crippen LogP) is 3.12. The van der Waals surface area contributed by atoms with Crippen LogP contribution in [-0.2, 0) is 10.3 Å². The molecule has 1 aliphatic rings. The molecule has 138 valence electrons. The Morgan fingerprint density at radius 1 is 1.12 bits per heavy atom. The van der Waals surface area contributed by atoms with Crippen LogP contribution in [0.2, 0.25) is 0 Å². The van der Waals surface area contributed by atoms with Gasteiger partial charge in [-0.1, -0.05) is 36.4 Å². The molecule has 1 aliphatic carbocycles. The molecule has 0 aliphatic heterocycles. The number of halogens is 1. The van der Waals surface area contributed by atoms with Crippen LogP contribution in [-0.4, -0.2) is 17.9 Å². The van der Waals surface area contributed by atoms with Crippen molar-refractivity contribution in [3.05, 3.63) is 65.2 Å². The Morgan fingerprint density at radius 3 is 2.38 bits per heavy atom. The smallest absolute Gasteiger partial charge is 0.251 e. The van der Waals surface area contributed by atoms with Crippen molar-refractivity contribution in [2.75, 3.05) is 5.32 Å². The van der Waals surface area contributed by atoms with Gasteiger partial charge in [0.2, 0.25) is 5.91 Å². The molecule has 1 atom stereocenters. The van der Waals surface area contributed by atoms with E-state index in [2.05, 4.69) is 10.6 Å². The summed E-state index contributed by atoms with van der Waals surface area (Å²) < 4.78 is 0. The third-order valence-electron chi connectivity index (χ3n) is 4.51. The van der Waals surface area contributed by atoms with Crippen molar-refractivity contribution in [3.63, 3.8) is 0 Å². The Hall–Kier alpha value is -2.37. The van der Waals surface area contributed by atoms with E-state index in [1.165, 1.54) is 0 Å². The van der Waals surface area contributed by atoms with E-state index in [0.717, 1.165) is 24.0 Å². The number of nitrogens with one attached hydrogen (secondary N) is 2. The minimum absolute atomic E-state index is 0. The zero-order valence-electron chi connectivity index (χ0n) is 14.9. The van der Waals surface area contributed by atoms with Crippen LogP contribution in [0.15, 0.2) is 48.5 Å². The predicted molar refractivity (Wildman–Crippen MR) is 106 cm³/mol. The Labute approximate surface area is 159 Å². The van der Waals surface area contributed by atoms with Gasteiger partial charge in [-0.2, -0.15) is 0 Å². The highest BCUT2D eigenvalue weighted by atomic mass is 35.5. The van der Waals surface area contributed by atoms with E-state index >= 15 is 0 Å². The van der Waals surface area contributed by atoms with Gasteiger partial charge >= 0.3 is 0 Å². The fourth-order valence-corrected chi connectivity index (χ4v) is 2.56. The summed E-state index contributed by atoms with van der Waals surface area (Å²) in [6.07, 6.45) is 2.06. The highest BCUT2D eigenvalue weighted by Gasteiger charge is 2.31. The molecule has 6 heteroatoms. The summed E-state index contributed by atoms with van der Waals surface area (Å²) in [7, 11) is 0. The zero-order chi connectivity index (χ0) is 18.0. The number of carbonyl (C=O) groups is 2. The molecular weight excluding hydrogens is 350 g/mol. The summed E-state index contributed by atoms with van der Waals surface area (Å²) in [6.45, 7) is 3.56. The maximum absolute atomic E-state index is 12.7. The van der Waals surface area contributed by atoms with Crippen molar-refractivity contribution >= 4 is 29.9 Å². The van der Waals surface area contributed by atoms with Crippen molar-refractivity contribution in [1.82, 2.24) is 5.32 Å². The summed E-state index contributed by atoms with van der Waals surface area (Å²) in [5.74, 6) is -0.432. The van der Waals surface area contributed by atoms with Gasteiger partial charge in [0.25, 0.3) is 5.91 Å². The van der Waals surface area contributed by atoms with Crippen molar-refractivity contribution in [1.29, 1.82) is 0 Å². The lowest BCUT2D eigenvalue weighted by Gasteiger charge is -2.24. The minimum Gasteiger partial charge on any atom is -0.349 e. The highest BCUT2D eigenvalue weighted by molar-refractivity contribution is 6.01. The summed E-state index contributed by atoms with van der Waals surface area (Å²) >= 11 is 0. The van der Waals surface area contributed by atoms with Crippen molar-refractivity contribution < 1.29 is 9.59 Å². The largest absolute Gasteiger partial charge is 0.349 e. The Morgan fingerprint density at radius 2 is 1.77 bits per heavy atom. The molecule has 0 heterocycles. The van der Waals surface area contributed by atoms with Crippen LogP contribution in [0.5, 0.6) is 0 Å².